The van der Waals surface area contributed by atoms with Crippen LogP contribution < -0.4 is 5.19 Å². The monoisotopic (exact) mass is 665 g/mol. The predicted octanol–water partition coefficient (Wildman–Crippen LogP) is 12.4. The molecule has 2 heterocycles. The quantitative estimate of drug-likeness (QED) is 0.161. The van der Waals surface area contributed by atoms with E-state index in [1.54, 1.807) is 0 Å². The molecule has 2 aromatic heterocycles. The molecule has 4 aromatic carbocycles. The Morgan fingerprint density at radius 1 is 0.681 bits per heavy atom. The number of fused-ring (bicyclic) bond motifs is 2. The van der Waals surface area contributed by atoms with Crippen molar-refractivity contribution in [3.05, 3.63) is 108 Å². The molecule has 0 amide bonds. The summed E-state index contributed by atoms with van der Waals surface area (Å²) in [7, 11) is -1.80. The first-order chi connectivity index (χ1) is 21.9. The summed E-state index contributed by atoms with van der Waals surface area (Å²) in [5.74, 6) is 0. The number of hydrogen-bond acceptors (Lipinski definition) is 2. The van der Waals surface area contributed by atoms with Crippen molar-refractivity contribution >= 4 is 45.5 Å². The number of pyridine rings is 1. The Kier molecular flexibility index (Phi) is 8.29. The highest BCUT2D eigenvalue weighted by molar-refractivity contribution is 7.25. The number of nitrogens with zero attached hydrogens (tertiary/aromatic N) is 1. The maximum absolute atomic E-state index is 13.4. The second kappa shape index (κ2) is 11.7. The highest BCUT2D eigenvalue weighted by Gasteiger charge is 2.46. The van der Waals surface area contributed by atoms with Crippen molar-refractivity contribution in [2.45, 2.75) is 72.3 Å². The Hall–Kier alpha value is -3.74. The van der Waals surface area contributed by atoms with E-state index in [-0.39, 0.29) is 11.8 Å². The average molecular weight is 666 g/mol. The maximum atomic E-state index is 13.4. The molecule has 0 bridgehead atoms. The van der Waals surface area contributed by atoms with Gasteiger partial charge in [-0.3, -0.25) is 4.98 Å². The summed E-state index contributed by atoms with van der Waals surface area (Å²) < 4.78 is 41.5. The van der Waals surface area contributed by atoms with Crippen molar-refractivity contribution in [1.29, 1.82) is 0 Å². The lowest BCUT2D eigenvalue weighted by Crippen LogP contribution is -2.38. The minimum Gasteiger partial charge on any atom is -0.255 e. The van der Waals surface area contributed by atoms with Gasteiger partial charge in [0.1, 0.15) is 0 Å². The van der Waals surface area contributed by atoms with E-state index in [2.05, 4.69) is 107 Å². The van der Waals surface area contributed by atoms with Gasteiger partial charge in [0, 0.05) is 16.6 Å². The van der Waals surface area contributed by atoms with Gasteiger partial charge in [-0.05, 0) is 79.2 Å². The Labute approximate surface area is 281 Å². The van der Waals surface area contributed by atoms with Crippen LogP contribution in [0.25, 0.3) is 53.7 Å². The molecule has 0 saturated heterocycles. The third kappa shape index (κ3) is 6.42. The van der Waals surface area contributed by atoms with Crippen molar-refractivity contribution in [3.63, 3.8) is 0 Å². The van der Waals surface area contributed by atoms with E-state index in [4.69, 9.17) is 4.98 Å². The minimum atomic E-state index is -4.25. The summed E-state index contributed by atoms with van der Waals surface area (Å²) in [6.45, 7) is 16.5. The van der Waals surface area contributed by atoms with E-state index in [0.29, 0.717) is 5.56 Å². The summed E-state index contributed by atoms with van der Waals surface area (Å²) in [4.78, 5) is 6.29. The second-order valence-corrected chi connectivity index (χ2v) is 21.4. The Bertz CT molecular complexity index is 2070. The van der Waals surface area contributed by atoms with E-state index in [1.807, 2.05) is 41.8 Å². The third-order valence-electron chi connectivity index (χ3n) is 9.15. The van der Waals surface area contributed by atoms with Crippen LogP contribution in [0.2, 0.25) is 19.6 Å². The van der Waals surface area contributed by atoms with E-state index in [0.717, 1.165) is 22.4 Å². The number of benzene rings is 4. The van der Waals surface area contributed by atoms with Crippen molar-refractivity contribution in [2.75, 3.05) is 0 Å². The molecule has 0 N–H and O–H groups in total. The first-order valence-corrected chi connectivity index (χ1v) is 20.5. The van der Waals surface area contributed by atoms with E-state index < -0.39 is 19.7 Å². The molecule has 6 rings (SSSR count). The highest BCUT2D eigenvalue weighted by Crippen LogP contribution is 2.42. The Morgan fingerprint density at radius 2 is 1.28 bits per heavy atom. The maximum Gasteiger partial charge on any atom is 0.394 e. The van der Waals surface area contributed by atoms with Crippen LogP contribution in [-0.2, 0) is 11.8 Å². The molecule has 0 aliphatic rings. The Morgan fingerprint density at radius 3 is 1.87 bits per heavy atom. The van der Waals surface area contributed by atoms with Gasteiger partial charge in [-0.1, -0.05) is 127 Å². The van der Waals surface area contributed by atoms with Gasteiger partial charge in [-0.25, -0.2) is 0 Å². The molecular formula is C41H42F3NSSi. The lowest BCUT2D eigenvalue weighted by atomic mass is 9.82. The van der Waals surface area contributed by atoms with Crippen LogP contribution in [0.3, 0.4) is 0 Å². The minimum absolute atomic E-state index is 0.0185. The summed E-state index contributed by atoms with van der Waals surface area (Å²) in [6.07, 6.45) is -2.33. The summed E-state index contributed by atoms with van der Waals surface area (Å²) >= 11 is 1.84. The molecule has 242 valence electrons. The van der Waals surface area contributed by atoms with Crippen LogP contribution >= 0.6 is 11.3 Å². The molecule has 0 unspecified atom stereocenters. The fourth-order valence-corrected chi connectivity index (χ4v) is 10.7. The first kappa shape index (κ1) is 33.2. The van der Waals surface area contributed by atoms with Gasteiger partial charge in [0.2, 0.25) is 0 Å². The predicted molar refractivity (Wildman–Crippen MR) is 199 cm³/mol. The number of thiophene rings is 1. The lowest BCUT2D eigenvalue weighted by Gasteiger charge is -2.27. The van der Waals surface area contributed by atoms with Gasteiger partial charge in [0.25, 0.3) is 0 Å². The van der Waals surface area contributed by atoms with Crippen LogP contribution in [-0.4, -0.2) is 19.2 Å². The molecule has 1 nitrogen and oxygen atoms in total. The number of hydrogen-bond donors (Lipinski definition) is 0. The van der Waals surface area contributed by atoms with Crippen molar-refractivity contribution < 1.29 is 13.2 Å². The molecule has 0 spiro atoms. The zero-order chi connectivity index (χ0) is 33.9. The first-order valence-electron chi connectivity index (χ1n) is 16.2. The molecule has 0 aliphatic carbocycles. The highest BCUT2D eigenvalue weighted by atomic mass is 32.1. The molecule has 0 saturated carbocycles. The molecule has 0 radical (unpaired) electrons. The van der Waals surface area contributed by atoms with Crippen LogP contribution in [0.15, 0.2) is 97.2 Å². The fraction of sp³-hybridized carbons (Fsp3) is 0.293. The standard InChI is InChI=1S/C41H42F3NSSi/c1-39(2,3)34-24-31(23-30-11-9-10-12-32(30)34)35-37-33(21-22-45-35)38(47(6,7)8)36(46-37)29-19-17-28(18-20-29)27-15-13-26(14-16-27)25-40(4,5)41(42,43)44/h9-24H,25H2,1-8H3. The van der Waals surface area contributed by atoms with Crippen LogP contribution in [0.1, 0.15) is 45.7 Å². The van der Waals surface area contributed by atoms with Gasteiger partial charge in [0.05, 0.1) is 23.9 Å². The third-order valence-corrected chi connectivity index (χ3v) is 12.6. The molecule has 6 aromatic rings. The average Bonchev–Trinajstić information content (AvgIpc) is 3.41. The molecule has 6 heteroatoms. The molecule has 0 atom stereocenters. The van der Waals surface area contributed by atoms with Gasteiger partial charge in [0.15, 0.2) is 0 Å². The van der Waals surface area contributed by atoms with Crippen molar-refractivity contribution in [3.8, 4) is 32.8 Å². The SMILES string of the molecule is CC(C)(C)c1cc(-c2nccc3c([Si](C)(C)C)c(-c4ccc(-c5ccc(CC(C)(C)C(F)(F)F)cc5)cc4)sc23)cc2ccccc12. The number of alkyl halides is 3. The van der Waals surface area contributed by atoms with Crippen LogP contribution in [0.5, 0.6) is 0 Å². The zero-order valence-electron chi connectivity index (χ0n) is 28.4. The number of aromatic nitrogens is 1. The summed E-state index contributed by atoms with van der Waals surface area (Å²) in [5.41, 5.74) is 5.59. The second-order valence-electron chi connectivity index (χ2n) is 15.4. The van der Waals surface area contributed by atoms with E-state index >= 15 is 0 Å². The van der Waals surface area contributed by atoms with Gasteiger partial charge in [-0.2, -0.15) is 13.2 Å². The largest absolute Gasteiger partial charge is 0.394 e. The number of rotatable bonds is 6. The Balaban J connectivity index is 1.41. The van der Waals surface area contributed by atoms with Crippen LogP contribution in [0.4, 0.5) is 13.2 Å². The fourth-order valence-electron chi connectivity index (χ4n) is 6.48. The lowest BCUT2D eigenvalue weighted by molar-refractivity contribution is -0.211. The van der Waals surface area contributed by atoms with Crippen LogP contribution in [0, 0.1) is 5.41 Å². The molecule has 0 fully saturated rings. The molecule has 0 aliphatic heterocycles. The number of halogens is 3. The summed E-state index contributed by atoms with van der Waals surface area (Å²) in [6, 6.07) is 31.5. The van der Waals surface area contributed by atoms with E-state index in [1.165, 1.54) is 55.9 Å². The normalized spacial score (nSPS) is 13.1. The summed E-state index contributed by atoms with van der Waals surface area (Å²) in [5, 5.41) is 5.25. The van der Waals surface area contributed by atoms with Gasteiger partial charge in [-0.15, -0.1) is 11.3 Å². The smallest absolute Gasteiger partial charge is 0.255 e. The van der Waals surface area contributed by atoms with Crippen molar-refractivity contribution in [1.82, 2.24) is 4.98 Å². The zero-order valence-corrected chi connectivity index (χ0v) is 30.3. The van der Waals surface area contributed by atoms with Gasteiger partial charge >= 0.3 is 6.18 Å². The topological polar surface area (TPSA) is 12.9 Å². The van der Waals surface area contributed by atoms with Crippen molar-refractivity contribution in [2.24, 2.45) is 5.41 Å². The molecular weight excluding hydrogens is 624 g/mol. The molecule has 47 heavy (non-hydrogen) atoms. The van der Waals surface area contributed by atoms with Gasteiger partial charge < -0.3 is 0 Å². The van der Waals surface area contributed by atoms with E-state index in [9.17, 15) is 13.2 Å².